The quantitative estimate of drug-likeness (QED) is 0.759. The number of methoxy groups -OCH3 is 1. The van der Waals surface area contributed by atoms with Gasteiger partial charge in [0.05, 0.1) is 25.4 Å². The number of nitrogens with one attached hydrogen (secondary N) is 2. The fourth-order valence-electron chi connectivity index (χ4n) is 3.09. The van der Waals surface area contributed by atoms with Crippen molar-refractivity contribution in [2.75, 3.05) is 25.6 Å². The smallest absolute Gasteiger partial charge is 0.322 e. The molecule has 3 N–H and O–H groups in total. The van der Waals surface area contributed by atoms with Gasteiger partial charge in [-0.1, -0.05) is 0 Å². The lowest BCUT2D eigenvalue weighted by Crippen LogP contribution is -2.47. The Labute approximate surface area is 147 Å². The van der Waals surface area contributed by atoms with Crippen LogP contribution in [-0.4, -0.2) is 54.3 Å². The highest BCUT2D eigenvalue weighted by molar-refractivity contribution is 5.98. The SMILES string of the molecule is COc1ccc(C(=O)NC2CC2)cc1NC(=O)N1CCCC[C@@H]1CO. The summed E-state index contributed by atoms with van der Waals surface area (Å²) in [4.78, 5) is 26.5. The van der Waals surface area contributed by atoms with Crippen LogP contribution in [0.1, 0.15) is 42.5 Å². The van der Waals surface area contributed by atoms with E-state index in [4.69, 9.17) is 4.74 Å². The molecule has 1 aromatic rings. The number of amides is 3. The van der Waals surface area contributed by atoms with Crippen LogP contribution in [0.15, 0.2) is 18.2 Å². The second kappa shape index (κ2) is 7.74. The first kappa shape index (κ1) is 17.5. The van der Waals surface area contributed by atoms with Gasteiger partial charge >= 0.3 is 6.03 Å². The Hall–Kier alpha value is -2.28. The molecule has 0 spiro atoms. The van der Waals surface area contributed by atoms with E-state index in [2.05, 4.69) is 10.6 Å². The standard InChI is InChI=1S/C18H25N3O4/c1-25-16-8-5-12(17(23)19-13-6-7-13)10-15(16)20-18(24)21-9-3-2-4-14(21)11-22/h5,8,10,13-14,22H,2-4,6-7,9,11H2,1H3,(H,19,23)(H,20,24)/t14-/m1/s1. The number of aliphatic hydroxyl groups excluding tert-OH is 1. The minimum atomic E-state index is -0.281. The van der Waals surface area contributed by atoms with Gasteiger partial charge in [0.15, 0.2) is 0 Å². The number of piperidine rings is 1. The van der Waals surface area contributed by atoms with Gasteiger partial charge in [0.25, 0.3) is 5.91 Å². The number of aliphatic hydroxyl groups is 1. The molecule has 136 valence electrons. The Morgan fingerprint density at radius 1 is 1.28 bits per heavy atom. The summed E-state index contributed by atoms with van der Waals surface area (Å²) in [6.07, 6.45) is 4.76. The van der Waals surface area contributed by atoms with E-state index in [9.17, 15) is 14.7 Å². The number of anilines is 1. The maximum atomic E-state index is 12.6. The molecule has 3 amide bonds. The number of nitrogens with zero attached hydrogens (tertiary/aromatic N) is 1. The molecule has 0 radical (unpaired) electrons. The van der Waals surface area contributed by atoms with Crippen LogP contribution >= 0.6 is 0 Å². The first-order valence-electron chi connectivity index (χ1n) is 8.79. The van der Waals surface area contributed by atoms with Gasteiger partial charge in [0.1, 0.15) is 5.75 Å². The van der Waals surface area contributed by atoms with Crippen molar-refractivity contribution in [3.63, 3.8) is 0 Å². The Kier molecular flexibility index (Phi) is 5.43. The van der Waals surface area contributed by atoms with Crippen LogP contribution in [0.4, 0.5) is 10.5 Å². The van der Waals surface area contributed by atoms with E-state index in [0.29, 0.717) is 23.5 Å². The summed E-state index contributed by atoms with van der Waals surface area (Å²) in [5.41, 5.74) is 0.943. The van der Waals surface area contributed by atoms with Crippen molar-refractivity contribution in [3.05, 3.63) is 23.8 Å². The van der Waals surface area contributed by atoms with Gasteiger partial charge in [0, 0.05) is 18.2 Å². The average Bonchev–Trinajstić information content (AvgIpc) is 3.45. The molecule has 1 aliphatic carbocycles. The second-order valence-corrected chi connectivity index (χ2v) is 6.62. The summed E-state index contributed by atoms with van der Waals surface area (Å²) in [5, 5.41) is 15.2. The number of ether oxygens (including phenoxy) is 1. The normalized spacial score (nSPS) is 20.1. The van der Waals surface area contributed by atoms with E-state index in [1.54, 1.807) is 23.1 Å². The molecule has 2 aliphatic rings. The number of rotatable bonds is 5. The van der Waals surface area contributed by atoms with Crippen LogP contribution in [0.5, 0.6) is 5.75 Å². The molecule has 1 heterocycles. The molecule has 0 bridgehead atoms. The maximum Gasteiger partial charge on any atom is 0.322 e. The van der Waals surface area contributed by atoms with Crippen molar-refractivity contribution in [1.82, 2.24) is 10.2 Å². The molecule has 7 nitrogen and oxygen atoms in total. The number of carbonyl (C=O) groups excluding carboxylic acids is 2. The molecule has 3 rings (SSSR count). The third-order valence-electron chi connectivity index (χ3n) is 4.71. The van der Waals surface area contributed by atoms with Gasteiger partial charge in [-0.3, -0.25) is 4.79 Å². The lowest BCUT2D eigenvalue weighted by Gasteiger charge is -2.34. The van der Waals surface area contributed by atoms with E-state index in [1.165, 1.54) is 7.11 Å². The van der Waals surface area contributed by atoms with E-state index in [0.717, 1.165) is 32.1 Å². The van der Waals surface area contributed by atoms with E-state index in [-0.39, 0.29) is 30.6 Å². The van der Waals surface area contributed by atoms with Crippen LogP contribution in [0.2, 0.25) is 0 Å². The second-order valence-electron chi connectivity index (χ2n) is 6.62. The molecule has 1 aromatic carbocycles. The molecule has 1 atom stereocenters. The van der Waals surface area contributed by atoms with Crippen LogP contribution in [0, 0.1) is 0 Å². The maximum absolute atomic E-state index is 12.6. The molecular weight excluding hydrogens is 322 g/mol. The van der Waals surface area contributed by atoms with Gasteiger partial charge in [-0.2, -0.15) is 0 Å². The Bertz CT molecular complexity index is 645. The number of carbonyl (C=O) groups is 2. The van der Waals surface area contributed by atoms with Crippen LogP contribution in [0.3, 0.4) is 0 Å². The molecule has 1 aliphatic heterocycles. The number of urea groups is 1. The van der Waals surface area contributed by atoms with Crippen molar-refractivity contribution in [2.24, 2.45) is 0 Å². The zero-order valence-corrected chi connectivity index (χ0v) is 14.5. The predicted octanol–water partition coefficient (Wildman–Crippen LogP) is 1.97. The molecule has 0 aromatic heterocycles. The molecular formula is C18H25N3O4. The Morgan fingerprint density at radius 2 is 2.08 bits per heavy atom. The summed E-state index contributed by atoms with van der Waals surface area (Å²) in [6.45, 7) is 0.565. The third kappa shape index (κ3) is 4.22. The molecule has 0 unspecified atom stereocenters. The zero-order valence-electron chi connectivity index (χ0n) is 14.5. The van der Waals surface area contributed by atoms with Crippen molar-refractivity contribution in [3.8, 4) is 5.75 Å². The van der Waals surface area contributed by atoms with Crippen LogP contribution in [-0.2, 0) is 0 Å². The summed E-state index contributed by atoms with van der Waals surface area (Å²) >= 11 is 0. The Morgan fingerprint density at radius 3 is 2.76 bits per heavy atom. The molecule has 25 heavy (non-hydrogen) atoms. The molecule has 1 saturated heterocycles. The van der Waals surface area contributed by atoms with Gasteiger partial charge in [-0.25, -0.2) is 4.79 Å². The summed E-state index contributed by atoms with van der Waals surface area (Å²) in [7, 11) is 1.52. The summed E-state index contributed by atoms with van der Waals surface area (Å²) < 4.78 is 5.30. The highest BCUT2D eigenvalue weighted by Gasteiger charge is 2.27. The van der Waals surface area contributed by atoms with Gasteiger partial charge in [0.2, 0.25) is 0 Å². The molecule has 7 heteroatoms. The molecule has 1 saturated carbocycles. The van der Waals surface area contributed by atoms with E-state index in [1.807, 2.05) is 0 Å². The first-order chi connectivity index (χ1) is 12.1. The lowest BCUT2D eigenvalue weighted by atomic mass is 10.0. The van der Waals surface area contributed by atoms with Crippen LogP contribution in [0.25, 0.3) is 0 Å². The highest BCUT2D eigenvalue weighted by Crippen LogP contribution is 2.28. The van der Waals surface area contributed by atoms with Gasteiger partial charge in [-0.05, 0) is 50.3 Å². The lowest BCUT2D eigenvalue weighted by molar-refractivity contribution is 0.0951. The Balaban J connectivity index is 1.74. The van der Waals surface area contributed by atoms with Gasteiger partial charge < -0.3 is 25.4 Å². The van der Waals surface area contributed by atoms with E-state index >= 15 is 0 Å². The molecule has 2 fully saturated rings. The third-order valence-corrected chi connectivity index (χ3v) is 4.71. The van der Waals surface area contributed by atoms with E-state index < -0.39 is 0 Å². The number of benzene rings is 1. The largest absolute Gasteiger partial charge is 0.495 e. The van der Waals surface area contributed by atoms with Gasteiger partial charge in [-0.15, -0.1) is 0 Å². The number of hydrogen-bond acceptors (Lipinski definition) is 4. The number of likely N-dealkylation sites (tertiary alicyclic amines) is 1. The monoisotopic (exact) mass is 347 g/mol. The highest BCUT2D eigenvalue weighted by atomic mass is 16.5. The van der Waals surface area contributed by atoms with Crippen LogP contribution < -0.4 is 15.4 Å². The fraction of sp³-hybridized carbons (Fsp3) is 0.556. The summed E-state index contributed by atoms with van der Waals surface area (Å²) in [5.74, 6) is 0.348. The zero-order chi connectivity index (χ0) is 17.8. The van der Waals surface area contributed by atoms with Crippen molar-refractivity contribution in [2.45, 2.75) is 44.2 Å². The minimum absolute atomic E-state index is 0.0472. The predicted molar refractivity (Wildman–Crippen MR) is 93.9 cm³/mol. The topological polar surface area (TPSA) is 90.9 Å². The fourth-order valence-corrected chi connectivity index (χ4v) is 3.09. The minimum Gasteiger partial charge on any atom is -0.495 e. The average molecular weight is 347 g/mol. The summed E-state index contributed by atoms with van der Waals surface area (Å²) in [6, 6.07) is 4.82. The first-order valence-corrected chi connectivity index (χ1v) is 8.79. The van der Waals surface area contributed by atoms with Crippen molar-refractivity contribution >= 4 is 17.6 Å². The van der Waals surface area contributed by atoms with Crippen molar-refractivity contribution < 1.29 is 19.4 Å². The van der Waals surface area contributed by atoms with Crippen molar-refractivity contribution in [1.29, 1.82) is 0 Å². The number of hydrogen-bond donors (Lipinski definition) is 3.